The summed E-state index contributed by atoms with van der Waals surface area (Å²) in [5.74, 6) is -0.192. The molecule has 86 heavy (non-hydrogen) atoms. The second-order valence-corrected chi connectivity index (χ2v) is 25.3. The Morgan fingerprint density at radius 1 is 0.430 bits per heavy atom. The van der Waals surface area contributed by atoms with E-state index in [0.717, 1.165) is 64.2 Å². The average molecular weight is 1210 g/mol. The van der Waals surface area contributed by atoms with Crippen molar-refractivity contribution in [3.8, 4) is 0 Å². The fourth-order valence-corrected chi connectivity index (χ4v) is 11.3. The summed E-state index contributed by atoms with van der Waals surface area (Å²) in [7, 11) is 0. The summed E-state index contributed by atoms with van der Waals surface area (Å²) in [6.07, 6.45) is 75.3. The minimum atomic E-state index is -1.58. The minimum absolute atomic E-state index is 0.00199. The Morgan fingerprint density at radius 2 is 0.791 bits per heavy atom. The summed E-state index contributed by atoms with van der Waals surface area (Å²) in [6, 6.07) is -0.827. The highest BCUT2D eigenvalue weighted by Crippen LogP contribution is 2.23. The third-order valence-electron chi connectivity index (χ3n) is 17.1. The summed E-state index contributed by atoms with van der Waals surface area (Å²) in [5, 5.41) is 54.3. The zero-order valence-electron chi connectivity index (χ0n) is 55.8. The second kappa shape index (κ2) is 63.9. The number of carbonyl (C=O) groups excluding carboxylic acids is 2. The SMILES string of the molecule is CCCCC/C=C/CC/C=C/C(O)C(COC1OC(CO)C(O)C(O)C1O)NC(=O)CCCCCCCCCCCCCCCCC/C=C\C/C=C\CCCCCCCCCCCOC(=O)CCCCCCCCC/C=C\CCCCCCCCC. The molecule has 1 heterocycles. The first kappa shape index (κ1) is 81.4. The van der Waals surface area contributed by atoms with Crippen molar-refractivity contribution in [2.45, 2.75) is 384 Å². The van der Waals surface area contributed by atoms with Gasteiger partial charge in [0.05, 0.1) is 32.0 Å². The van der Waals surface area contributed by atoms with Crippen LogP contribution in [0.5, 0.6) is 0 Å². The normalized spacial score (nSPS) is 18.2. The Bertz CT molecular complexity index is 1610. The maximum Gasteiger partial charge on any atom is 0.305 e. The zero-order valence-corrected chi connectivity index (χ0v) is 55.8. The van der Waals surface area contributed by atoms with Gasteiger partial charge in [-0.3, -0.25) is 9.59 Å². The molecular weight excluding hydrogens is 1070 g/mol. The summed E-state index contributed by atoms with van der Waals surface area (Å²) < 4.78 is 16.7. The van der Waals surface area contributed by atoms with Gasteiger partial charge in [-0.25, -0.2) is 0 Å². The highest BCUT2D eigenvalue weighted by atomic mass is 16.7. The van der Waals surface area contributed by atoms with Gasteiger partial charge < -0.3 is 45.1 Å². The first-order valence-corrected chi connectivity index (χ1v) is 36.6. The number of amides is 1. The fourth-order valence-electron chi connectivity index (χ4n) is 11.3. The molecule has 7 unspecified atom stereocenters. The molecule has 1 fully saturated rings. The smallest absolute Gasteiger partial charge is 0.305 e. The molecule has 0 aromatic rings. The first-order chi connectivity index (χ1) is 42.2. The molecule has 6 N–H and O–H groups in total. The number of unbranched alkanes of at least 4 members (excludes halogenated alkanes) is 42. The number of hydrogen-bond donors (Lipinski definition) is 6. The molecule has 1 saturated heterocycles. The molecule has 11 heteroatoms. The average Bonchev–Trinajstić information content (AvgIpc) is 3.20. The van der Waals surface area contributed by atoms with Crippen LogP contribution in [0.4, 0.5) is 0 Å². The van der Waals surface area contributed by atoms with E-state index in [1.165, 1.54) is 250 Å². The van der Waals surface area contributed by atoms with Gasteiger partial charge in [0.1, 0.15) is 24.4 Å². The molecule has 0 saturated carbocycles. The second-order valence-electron chi connectivity index (χ2n) is 25.3. The van der Waals surface area contributed by atoms with Crippen molar-refractivity contribution in [2.24, 2.45) is 0 Å². The van der Waals surface area contributed by atoms with Gasteiger partial charge in [0.15, 0.2) is 6.29 Å². The van der Waals surface area contributed by atoms with Gasteiger partial charge in [0.25, 0.3) is 0 Å². The maximum absolute atomic E-state index is 13.0. The van der Waals surface area contributed by atoms with Gasteiger partial charge in [-0.1, -0.05) is 286 Å². The van der Waals surface area contributed by atoms with Crippen LogP contribution in [0.3, 0.4) is 0 Å². The summed E-state index contributed by atoms with van der Waals surface area (Å²) in [4.78, 5) is 25.1. The van der Waals surface area contributed by atoms with Gasteiger partial charge >= 0.3 is 5.97 Å². The van der Waals surface area contributed by atoms with Crippen LogP contribution >= 0.6 is 0 Å². The quantitative estimate of drug-likeness (QED) is 0.0195. The van der Waals surface area contributed by atoms with Crippen LogP contribution in [0.25, 0.3) is 0 Å². The van der Waals surface area contributed by atoms with E-state index in [2.05, 4.69) is 67.8 Å². The van der Waals surface area contributed by atoms with Gasteiger partial charge in [-0.2, -0.15) is 0 Å². The standard InChI is InChI=1S/C75H137NO10/c1-3-5-7-9-11-13-14-15-16-17-34-37-40-43-47-51-55-59-63-71(80)84-64-60-56-52-48-44-41-38-35-32-30-28-26-24-22-20-18-19-21-23-25-27-29-31-33-36-39-42-46-50-54-58-62-70(79)76-67(68(78)61-57-53-49-45-12-10-8-6-4-2)66-85-75-74(83)73(82)72(81)69(65-77)86-75/h12,16-17,20,22,26,28,45,57,61,67-69,72-75,77-78,81-83H,3-11,13-15,18-19,21,23-25,27,29-44,46-56,58-60,62-66H2,1-2H3,(H,76,79)/b17-16-,22-20-,28-26-,45-12+,61-57+. The molecule has 1 amide bonds. The van der Waals surface area contributed by atoms with E-state index in [1.807, 2.05) is 6.08 Å². The largest absolute Gasteiger partial charge is 0.466 e. The van der Waals surface area contributed by atoms with Crippen molar-refractivity contribution in [1.82, 2.24) is 5.32 Å². The van der Waals surface area contributed by atoms with E-state index < -0.39 is 49.5 Å². The molecule has 0 bridgehead atoms. The Labute approximate surface area is 528 Å². The van der Waals surface area contributed by atoms with Crippen LogP contribution < -0.4 is 5.32 Å². The molecule has 0 aromatic heterocycles. The number of ether oxygens (including phenoxy) is 3. The van der Waals surface area contributed by atoms with E-state index in [-0.39, 0.29) is 18.5 Å². The van der Waals surface area contributed by atoms with Crippen molar-refractivity contribution < 1.29 is 49.3 Å². The summed E-state index contributed by atoms with van der Waals surface area (Å²) >= 11 is 0. The molecule has 11 nitrogen and oxygen atoms in total. The van der Waals surface area contributed by atoms with Crippen LogP contribution in [0.2, 0.25) is 0 Å². The number of aliphatic hydroxyl groups is 5. The number of aliphatic hydroxyl groups excluding tert-OH is 5. The molecule has 0 spiro atoms. The van der Waals surface area contributed by atoms with E-state index in [0.29, 0.717) is 19.4 Å². The van der Waals surface area contributed by atoms with Crippen LogP contribution in [-0.2, 0) is 23.8 Å². The number of hydrogen-bond acceptors (Lipinski definition) is 10. The van der Waals surface area contributed by atoms with Gasteiger partial charge in [-0.15, -0.1) is 0 Å². The number of nitrogens with one attached hydrogen (secondary N) is 1. The Morgan fingerprint density at radius 3 is 1.24 bits per heavy atom. The Hall–Kier alpha value is -2.64. The van der Waals surface area contributed by atoms with Gasteiger partial charge in [0.2, 0.25) is 5.91 Å². The molecular formula is C75H137NO10. The lowest BCUT2D eigenvalue weighted by atomic mass is 9.99. The van der Waals surface area contributed by atoms with Crippen LogP contribution in [0.1, 0.15) is 341 Å². The topological polar surface area (TPSA) is 175 Å². The van der Waals surface area contributed by atoms with Crippen molar-refractivity contribution in [3.63, 3.8) is 0 Å². The number of esters is 1. The Kier molecular flexibility index (Phi) is 60.5. The zero-order chi connectivity index (χ0) is 62.3. The number of allylic oxidation sites excluding steroid dienone is 9. The van der Waals surface area contributed by atoms with E-state index in [4.69, 9.17) is 14.2 Å². The van der Waals surface area contributed by atoms with Crippen molar-refractivity contribution in [2.75, 3.05) is 19.8 Å². The predicted octanol–water partition coefficient (Wildman–Crippen LogP) is 18.9. The molecule has 0 aromatic carbocycles. The molecule has 1 aliphatic rings. The van der Waals surface area contributed by atoms with Crippen molar-refractivity contribution >= 4 is 11.9 Å². The Balaban J connectivity index is 1.91. The molecule has 502 valence electrons. The van der Waals surface area contributed by atoms with E-state index >= 15 is 0 Å². The lowest BCUT2D eigenvalue weighted by Crippen LogP contribution is -2.60. The lowest BCUT2D eigenvalue weighted by Gasteiger charge is -2.40. The third kappa shape index (κ3) is 52.2. The first-order valence-electron chi connectivity index (χ1n) is 36.6. The summed E-state index contributed by atoms with van der Waals surface area (Å²) in [5.41, 5.74) is 0. The van der Waals surface area contributed by atoms with E-state index in [1.54, 1.807) is 6.08 Å². The number of carbonyl (C=O) groups is 2. The van der Waals surface area contributed by atoms with Crippen molar-refractivity contribution in [3.05, 3.63) is 60.8 Å². The minimum Gasteiger partial charge on any atom is -0.466 e. The van der Waals surface area contributed by atoms with Gasteiger partial charge in [0, 0.05) is 12.8 Å². The summed E-state index contributed by atoms with van der Waals surface area (Å²) in [6.45, 7) is 4.29. The lowest BCUT2D eigenvalue weighted by molar-refractivity contribution is -0.302. The highest BCUT2D eigenvalue weighted by Gasteiger charge is 2.44. The maximum atomic E-state index is 13.0. The molecule has 0 aliphatic carbocycles. The predicted molar refractivity (Wildman–Crippen MR) is 361 cm³/mol. The van der Waals surface area contributed by atoms with Crippen LogP contribution in [-0.4, -0.2) is 100 Å². The molecule has 0 radical (unpaired) electrons. The van der Waals surface area contributed by atoms with Gasteiger partial charge in [-0.05, 0) is 103 Å². The third-order valence-corrected chi connectivity index (χ3v) is 17.1. The molecule has 1 rings (SSSR count). The highest BCUT2D eigenvalue weighted by molar-refractivity contribution is 5.76. The van der Waals surface area contributed by atoms with E-state index in [9.17, 15) is 35.1 Å². The molecule has 1 aliphatic heterocycles. The molecule has 7 atom stereocenters. The number of rotatable bonds is 64. The monoisotopic (exact) mass is 1210 g/mol. The van der Waals surface area contributed by atoms with Crippen LogP contribution in [0, 0.1) is 0 Å². The van der Waals surface area contributed by atoms with Crippen LogP contribution in [0.15, 0.2) is 60.8 Å². The van der Waals surface area contributed by atoms with Crippen molar-refractivity contribution in [1.29, 1.82) is 0 Å². The fraction of sp³-hybridized carbons (Fsp3) is 0.840.